The van der Waals surface area contributed by atoms with Gasteiger partial charge in [0, 0.05) is 13.1 Å². The van der Waals surface area contributed by atoms with Crippen LogP contribution in [0.2, 0.25) is 0 Å². The second-order valence-electron chi connectivity index (χ2n) is 4.66. The van der Waals surface area contributed by atoms with Crippen molar-refractivity contribution in [2.24, 2.45) is 0 Å². The fraction of sp³-hybridized carbons (Fsp3) is 0.750. The van der Waals surface area contributed by atoms with E-state index in [0.717, 1.165) is 25.8 Å². The summed E-state index contributed by atoms with van der Waals surface area (Å²) >= 11 is 0. The predicted molar refractivity (Wildman–Crippen MR) is 72.5 cm³/mol. The summed E-state index contributed by atoms with van der Waals surface area (Å²) < 4.78 is 5.30. The third-order valence-electron chi connectivity index (χ3n) is 3.08. The Morgan fingerprint density at radius 1 is 1.16 bits per heavy atom. The zero-order valence-corrected chi connectivity index (χ0v) is 11.4. The monoisotopic (exact) mass is 267 g/mol. The standard InChI is InChI=1S/C12H21N5O2/c1-3-13-9-15-10(17-11(16-9)19-4-2)14-8-12(18)6-5-7-12/h18H,3-8H2,1-2H3,(H2,13,14,15,16,17). The number of nitrogens with one attached hydrogen (secondary N) is 2. The lowest BCUT2D eigenvalue weighted by molar-refractivity contribution is -0.0203. The van der Waals surface area contributed by atoms with Crippen LogP contribution in [-0.4, -0.2) is 45.4 Å². The number of ether oxygens (including phenoxy) is 1. The van der Waals surface area contributed by atoms with Gasteiger partial charge in [-0.1, -0.05) is 0 Å². The Balaban J connectivity index is 2.04. The molecule has 19 heavy (non-hydrogen) atoms. The van der Waals surface area contributed by atoms with Crippen molar-refractivity contribution in [1.29, 1.82) is 0 Å². The number of anilines is 2. The van der Waals surface area contributed by atoms with Gasteiger partial charge in [0.05, 0.1) is 12.2 Å². The summed E-state index contributed by atoms with van der Waals surface area (Å²) in [6, 6.07) is 0.288. The summed E-state index contributed by atoms with van der Waals surface area (Å²) in [6.45, 7) is 5.52. The lowest BCUT2D eigenvalue weighted by atomic mass is 9.80. The van der Waals surface area contributed by atoms with Crippen molar-refractivity contribution < 1.29 is 9.84 Å². The van der Waals surface area contributed by atoms with Crippen LogP contribution in [0.5, 0.6) is 6.01 Å². The molecule has 1 heterocycles. The molecule has 3 N–H and O–H groups in total. The Bertz CT molecular complexity index is 398. The van der Waals surface area contributed by atoms with E-state index in [1.807, 2.05) is 13.8 Å². The van der Waals surface area contributed by atoms with Crippen LogP contribution in [0.3, 0.4) is 0 Å². The molecule has 106 valence electrons. The van der Waals surface area contributed by atoms with Crippen LogP contribution in [0.4, 0.5) is 11.9 Å². The highest BCUT2D eigenvalue weighted by molar-refractivity contribution is 5.36. The van der Waals surface area contributed by atoms with Crippen LogP contribution in [0.1, 0.15) is 33.1 Å². The van der Waals surface area contributed by atoms with Crippen molar-refractivity contribution in [3.05, 3.63) is 0 Å². The summed E-state index contributed by atoms with van der Waals surface area (Å²) in [7, 11) is 0. The Labute approximate surface area is 112 Å². The van der Waals surface area contributed by atoms with E-state index in [1.54, 1.807) is 0 Å². The molecule has 1 aliphatic rings. The van der Waals surface area contributed by atoms with E-state index in [0.29, 0.717) is 25.0 Å². The lowest BCUT2D eigenvalue weighted by Gasteiger charge is -2.36. The summed E-state index contributed by atoms with van der Waals surface area (Å²) in [5.41, 5.74) is -0.614. The minimum Gasteiger partial charge on any atom is -0.464 e. The van der Waals surface area contributed by atoms with Gasteiger partial charge in [-0.05, 0) is 33.1 Å². The van der Waals surface area contributed by atoms with E-state index in [-0.39, 0.29) is 6.01 Å². The number of rotatable bonds is 7. The molecule has 0 saturated heterocycles. The fourth-order valence-electron chi connectivity index (χ4n) is 1.87. The zero-order valence-electron chi connectivity index (χ0n) is 11.4. The Hall–Kier alpha value is -1.63. The van der Waals surface area contributed by atoms with Crippen molar-refractivity contribution in [3.8, 4) is 6.01 Å². The van der Waals surface area contributed by atoms with Crippen LogP contribution in [0.25, 0.3) is 0 Å². The van der Waals surface area contributed by atoms with E-state index < -0.39 is 5.60 Å². The van der Waals surface area contributed by atoms with E-state index in [1.165, 1.54) is 0 Å². The highest BCUT2D eigenvalue weighted by Gasteiger charge is 2.34. The van der Waals surface area contributed by atoms with E-state index in [9.17, 15) is 5.11 Å². The summed E-state index contributed by atoms with van der Waals surface area (Å²) in [6.07, 6.45) is 2.72. The van der Waals surface area contributed by atoms with Crippen molar-refractivity contribution >= 4 is 11.9 Å². The molecule has 1 aromatic rings. The zero-order chi connectivity index (χ0) is 13.7. The van der Waals surface area contributed by atoms with Crippen LogP contribution in [0.15, 0.2) is 0 Å². The van der Waals surface area contributed by atoms with E-state index >= 15 is 0 Å². The van der Waals surface area contributed by atoms with Crippen molar-refractivity contribution in [2.45, 2.75) is 38.7 Å². The highest BCUT2D eigenvalue weighted by atomic mass is 16.5. The van der Waals surface area contributed by atoms with E-state index in [4.69, 9.17) is 4.74 Å². The maximum atomic E-state index is 10.0. The number of hydrogen-bond acceptors (Lipinski definition) is 7. The van der Waals surface area contributed by atoms with Crippen molar-refractivity contribution in [1.82, 2.24) is 15.0 Å². The first-order valence-electron chi connectivity index (χ1n) is 6.74. The summed E-state index contributed by atoms with van der Waals surface area (Å²) in [4.78, 5) is 12.5. The molecule has 1 aromatic heterocycles. The number of aliphatic hydroxyl groups is 1. The summed E-state index contributed by atoms with van der Waals surface area (Å²) in [5, 5.41) is 16.1. The number of nitrogens with zero attached hydrogens (tertiary/aromatic N) is 3. The van der Waals surface area contributed by atoms with Gasteiger partial charge in [-0.2, -0.15) is 15.0 Å². The molecule has 0 amide bonds. The molecule has 0 spiro atoms. The Morgan fingerprint density at radius 2 is 1.84 bits per heavy atom. The van der Waals surface area contributed by atoms with Gasteiger partial charge < -0.3 is 20.5 Å². The average Bonchev–Trinajstić information content (AvgIpc) is 2.35. The molecule has 2 rings (SSSR count). The van der Waals surface area contributed by atoms with Crippen LogP contribution < -0.4 is 15.4 Å². The van der Waals surface area contributed by atoms with Gasteiger partial charge in [-0.3, -0.25) is 0 Å². The highest BCUT2D eigenvalue weighted by Crippen LogP contribution is 2.31. The predicted octanol–water partition coefficient (Wildman–Crippen LogP) is 1.03. The van der Waals surface area contributed by atoms with Crippen molar-refractivity contribution in [3.63, 3.8) is 0 Å². The van der Waals surface area contributed by atoms with Crippen LogP contribution in [-0.2, 0) is 0 Å². The average molecular weight is 267 g/mol. The van der Waals surface area contributed by atoms with Gasteiger partial charge >= 0.3 is 6.01 Å². The Kier molecular flexibility index (Phi) is 4.36. The van der Waals surface area contributed by atoms with Gasteiger partial charge in [-0.25, -0.2) is 0 Å². The third-order valence-corrected chi connectivity index (χ3v) is 3.08. The maximum Gasteiger partial charge on any atom is 0.323 e. The van der Waals surface area contributed by atoms with Gasteiger partial charge in [0.25, 0.3) is 0 Å². The molecule has 0 aromatic carbocycles. The molecule has 1 fully saturated rings. The van der Waals surface area contributed by atoms with Gasteiger partial charge in [-0.15, -0.1) is 0 Å². The number of hydrogen-bond donors (Lipinski definition) is 3. The topological polar surface area (TPSA) is 92.2 Å². The third kappa shape index (κ3) is 3.66. The number of aromatic nitrogens is 3. The molecule has 7 heteroatoms. The molecular formula is C12H21N5O2. The molecule has 0 bridgehead atoms. The molecule has 7 nitrogen and oxygen atoms in total. The SMILES string of the molecule is CCNc1nc(NCC2(O)CCC2)nc(OCC)n1. The minimum atomic E-state index is -0.614. The van der Waals surface area contributed by atoms with Crippen LogP contribution in [0, 0.1) is 0 Å². The molecule has 0 unspecified atom stereocenters. The fourth-order valence-corrected chi connectivity index (χ4v) is 1.87. The van der Waals surface area contributed by atoms with E-state index in [2.05, 4.69) is 25.6 Å². The van der Waals surface area contributed by atoms with Crippen LogP contribution >= 0.6 is 0 Å². The smallest absolute Gasteiger partial charge is 0.323 e. The summed E-state index contributed by atoms with van der Waals surface area (Å²) in [5.74, 6) is 0.902. The molecule has 0 aliphatic heterocycles. The second kappa shape index (κ2) is 6.01. The molecular weight excluding hydrogens is 246 g/mol. The molecule has 1 aliphatic carbocycles. The molecule has 0 atom stereocenters. The van der Waals surface area contributed by atoms with Gasteiger partial charge in [0.1, 0.15) is 0 Å². The Morgan fingerprint density at radius 3 is 2.37 bits per heavy atom. The minimum absolute atomic E-state index is 0.288. The molecule has 1 saturated carbocycles. The largest absolute Gasteiger partial charge is 0.464 e. The second-order valence-corrected chi connectivity index (χ2v) is 4.66. The van der Waals surface area contributed by atoms with Gasteiger partial charge in [0.2, 0.25) is 11.9 Å². The van der Waals surface area contributed by atoms with Crippen molar-refractivity contribution in [2.75, 3.05) is 30.3 Å². The van der Waals surface area contributed by atoms with Gasteiger partial charge in [0.15, 0.2) is 0 Å². The first-order chi connectivity index (χ1) is 9.15. The first-order valence-corrected chi connectivity index (χ1v) is 6.74. The maximum absolute atomic E-state index is 10.0. The quantitative estimate of drug-likeness (QED) is 0.679. The molecule has 0 radical (unpaired) electrons. The normalized spacial score (nSPS) is 16.6. The lowest BCUT2D eigenvalue weighted by Crippen LogP contribution is -2.43. The first kappa shape index (κ1) is 13.8.